The number of amides is 2. The normalized spacial score (nSPS) is 15.5. The van der Waals surface area contributed by atoms with E-state index in [1.165, 1.54) is 0 Å². The van der Waals surface area contributed by atoms with Gasteiger partial charge in [0.2, 0.25) is 11.9 Å². The summed E-state index contributed by atoms with van der Waals surface area (Å²) in [6, 6.07) is 13.1. The predicted molar refractivity (Wildman–Crippen MR) is 138 cm³/mol. The second kappa shape index (κ2) is 10.1. The zero-order valence-corrected chi connectivity index (χ0v) is 20.6. The molecule has 34 heavy (non-hydrogen) atoms. The van der Waals surface area contributed by atoms with E-state index in [1.807, 2.05) is 30.3 Å². The van der Waals surface area contributed by atoms with Gasteiger partial charge in [-0.15, -0.1) is 0 Å². The van der Waals surface area contributed by atoms with E-state index < -0.39 is 0 Å². The highest BCUT2D eigenvalue weighted by Crippen LogP contribution is 2.34. The Labute approximate surface area is 211 Å². The van der Waals surface area contributed by atoms with Gasteiger partial charge in [0, 0.05) is 51.9 Å². The number of halogens is 1. The van der Waals surface area contributed by atoms with Crippen molar-refractivity contribution in [2.75, 3.05) is 30.4 Å². The van der Waals surface area contributed by atoms with Crippen LogP contribution in [0.1, 0.15) is 28.8 Å². The van der Waals surface area contributed by atoms with Crippen LogP contribution in [0.15, 0.2) is 48.7 Å². The van der Waals surface area contributed by atoms with Crippen molar-refractivity contribution in [1.82, 2.24) is 15.3 Å². The molecule has 1 aromatic heterocycles. The maximum Gasteiger partial charge on any atom is 0.251 e. The smallest absolute Gasteiger partial charge is 0.251 e. The highest BCUT2D eigenvalue weighted by molar-refractivity contribution is 14.1. The number of hydrogen-bond acceptors (Lipinski definition) is 6. The molecular formula is C25H24IN5O3. The van der Waals surface area contributed by atoms with E-state index in [-0.39, 0.29) is 18.2 Å². The van der Waals surface area contributed by atoms with E-state index in [0.717, 1.165) is 57.8 Å². The minimum atomic E-state index is -0.0861. The number of nitrogens with one attached hydrogen (secondary N) is 3. The lowest BCUT2D eigenvalue weighted by Crippen LogP contribution is -2.32. The first-order valence-electron chi connectivity index (χ1n) is 11.2. The molecule has 9 heteroatoms. The third kappa shape index (κ3) is 5.20. The van der Waals surface area contributed by atoms with Gasteiger partial charge in [0.25, 0.3) is 5.91 Å². The number of carbonyl (C=O) groups excluding carboxylic acids is 2. The quantitative estimate of drug-likeness (QED) is 0.399. The number of ether oxygens (including phenoxy) is 1. The summed E-state index contributed by atoms with van der Waals surface area (Å²) in [5.74, 6) is 0.733. The Morgan fingerprint density at radius 1 is 1.15 bits per heavy atom. The number of anilines is 3. The fourth-order valence-electron chi connectivity index (χ4n) is 4.15. The van der Waals surface area contributed by atoms with Gasteiger partial charge < -0.3 is 20.7 Å². The summed E-state index contributed by atoms with van der Waals surface area (Å²) in [5.41, 5.74) is 4.49. The summed E-state index contributed by atoms with van der Waals surface area (Å²) in [5, 5.41) is 9.18. The number of fused-ring (bicyclic) bond motifs is 3. The van der Waals surface area contributed by atoms with Crippen LogP contribution in [0.4, 0.5) is 17.3 Å². The van der Waals surface area contributed by atoms with Crippen molar-refractivity contribution in [3.63, 3.8) is 0 Å². The van der Waals surface area contributed by atoms with Crippen LogP contribution in [0.25, 0.3) is 11.3 Å². The van der Waals surface area contributed by atoms with E-state index in [0.29, 0.717) is 24.0 Å². The van der Waals surface area contributed by atoms with Gasteiger partial charge in [0.05, 0.1) is 17.8 Å². The van der Waals surface area contributed by atoms with Gasteiger partial charge in [0.1, 0.15) is 0 Å². The second-order valence-electron chi connectivity index (χ2n) is 8.45. The zero-order chi connectivity index (χ0) is 23.5. The number of rotatable bonds is 5. The van der Waals surface area contributed by atoms with Crippen molar-refractivity contribution < 1.29 is 14.3 Å². The first-order valence-corrected chi connectivity index (χ1v) is 12.3. The molecule has 3 N–H and O–H groups in total. The maximum atomic E-state index is 12.5. The number of nitrogens with zero attached hydrogens (tertiary/aromatic N) is 2. The Morgan fingerprint density at radius 3 is 2.74 bits per heavy atom. The van der Waals surface area contributed by atoms with E-state index in [9.17, 15) is 9.59 Å². The molecule has 1 saturated heterocycles. The lowest BCUT2D eigenvalue weighted by molar-refractivity contribution is -0.115. The molecule has 2 amide bonds. The molecule has 2 aliphatic heterocycles. The summed E-state index contributed by atoms with van der Waals surface area (Å²) in [6.07, 6.45) is 3.88. The lowest BCUT2D eigenvalue weighted by atomic mass is 10.0. The molecule has 2 aromatic carbocycles. The first kappa shape index (κ1) is 22.7. The summed E-state index contributed by atoms with van der Waals surface area (Å²) in [6.45, 7) is 2.20. The molecule has 0 saturated carbocycles. The highest BCUT2D eigenvalue weighted by atomic mass is 127. The Bertz CT molecular complexity index is 1230. The van der Waals surface area contributed by atoms with Crippen molar-refractivity contribution >= 4 is 51.7 Å². The average Bonchev–Trinajstić information content (AvgIpc) is 2.98. The summed E-state index contributed by atoms with van der Waals surface area (Å²) in [4.78, 5) is 33.9. The second-order valence-corrected chi connectivity index (χ2v) is 9.70. The number of carbonyl (C=O) groups is 2. The van der Waals surface area contributed by atoms with Crippen LogP contribution in [0.5, 0.6) is 0 Å². The Kier molecular flexibility index (Phi) is 6.73. The minimum Gasteiger partial charge on any atom is -0.381 e. The van der Waals surface area contributed by atoms with Gasteiger partial charge in [0.15, 0.2) is 0 Å². The van der Waals surface area contributed by atoms with Crippen LogP contribution in [0, 0.1) is 9.49 Å². The molecule has 0 unspecified atom stereocenters. The molecule has 0 spiro atoms. The zero-order valence-electron chi connectivity index (χ0n) is 18.4. The molecule has 5 rings (SSSR count). The monoisotopic (exact) mass is 569 g/mol. The fraction of sp³-hybridized carbons (Fsp3) is 0.280. The summed E-state index contributed by atoms with van der Waals surface area (Å²) < 4.78 is 6.40. The van der Waals surface area contributed by atoms with Crippen molar-refractivity contribution in [1.29, 1.82) is 0 Å². The Hall–Kier alpha value is -3.05. The molecule has 174 valence electrons. The van der Waals surface area contributed by atoms with Crippen molar-refractivity contribution in [3.05, 3.63) is 63.4 Å². The van der Waals surface area contributed by atoms with Crippen LogP contribution in [-0.2, 0) is 16.0 Å². The summed E-state index contributed by atoms with van der Waals surface area (Å²) >= 11 is 2.22. The maximum absolute atomic E-state index is 12.5. The van der Waals surface area contributed by atoms with Gasteiger partial charge in [-0.05, 0) is 83.8 Å². The molecule has 8 nitrogen and oxygen atoms in total. The molecule has 2 aliphatic rings. The van der Waals surface area contributed by atoms with Crippen LogP contribution in [-0.4, -0.2) is 41.5 Å². The molecule has 3 heterocycles. The molecular weight excluding hydrogens is 545 g/mol. The van der Waals surface area contributed by atoms with E-state index in [1.54, 1.807) is 18.3 Å². The van der Waals surface area contributed by atoms with Crippen LogP contribution in [0.3, 0.4) is 0 Å². The van der Waals surface area contributed by atoms with E-state index in [2.05, 4.69) is 43.5 Å². The van der Waals surface area contributed by atoms with Crippen molar-refractivity contribution in [3.8, 4) is 11.3 Å². The van der Waals surface area contributed by atoms with Gasteiger partial charge >= 0.3 is 0 Å². The van der Waals surface area contributed by atoms with E-state index in [4.69, 9.17) is 9.72 Å². The largest absolute Gasteiger partial charge is 0.381 e. The molecule has 3 aromatic rings. The van der Waals surface area contributed by atoms with Gasteiger partial charge in [-0.3, -0.25) is 9.59 Å². The molecule has 0 radical (unpaired) electrons. The molecule has 0 aliphatic carbocycles. The van der Waals surface area contributed by atoms with Gasteiger partial charge in [-0.25, -0.2) is 9.97 Å². The van der Waals surface area contributed by atoms with Crippen molar-refractivity contribution in [2.45, 2.75) is 19.3 Å². The number of aromatic nitrogens is 2. The SMILES string of the molecule is O=C1Cc2cnc(Nc3ccc(C(=O)NCC4CCOCC4)cc3)nc2-c2ccc(I)cc2N1. The topological polar surface area (TPSA) is 105 Å². The van der Waals surface area contributed by atoms with Gasteiger partial charge in [-0.2, -0.15) is 0 Å². The average molecular weight is 569 g/mol. The number of benzene rings is 2. The molecule has 0 bridgehead atoms. The lowest BCUT2D eigenvalue weighted by Gasteiger charge is -2.22. The third-order valence-corrected chi connectivity index (χ3v) is 6.69. The van der Waals surface area contributed by atoms with Crippen LogP contribution >= 0.6 is 22.6 Å². The third-order valence-electron chi connectivity index (χ3n) is 6.02. The molecule has 1 fully saturated rings. The standard InChI is InChI=1S/C25H24IN5O3/c26-18-3-6-20-21(12-18)30-22(32)11-17-14-28-25(31-23(17)20)29-19-4-1-16(2-5-19)24(33)27-13-15-7-9-34-10-8-15/h1-6,12,14-15H,7-11,13H2,(H,27,33)(H,30,32)(H,28,29,31). The fourth-order valence-corrected chi connectivity index (χ4v) is 4.64. The predicted octanol–water partition coefficient (Wildman–Crippen LogP) is 4.14. The minimum absolute atomic E-state index is 0.0808. The molecule has 0 atom stereocenters. The Morgan fingerprint density at radius 2 is 1.94 bits per heavy atom. The first-order chi connectivity index (χ1) is 16.5. The van der Waals surface area contributed by atoms with E-state index >= 15 is 0 Å². The van der Waals surface area contributed by atoms with Crippen LogP contribution < -0.4 is 16.0 Å². The van der Waals surface area contributed by atoms with Gasteiger partial charge in [-0.1, -0.05) is 0 Å². The number of hydrogen-bond donors (Lipinski definition) is 3. The van der Waals surface area contributed by atoms with Crippen molar-refractivity contribution in [2.24, 2.45) is 5.92 Å². The summed E-state index contributed by atoms with van der Waals surface area (Å²) in [7, 11) is 0. The van der Waals surface area contributed by atoms with Crippen LogP contribution in [0.2, 0.25) is 0 Å². The highest BCUT2D eigenvalue weighted by Gasteiger charge is 2.21. The Balaban J connectivity index is 1.29.